The molecule has 1 unspecified atom stereocenters. The van der Waals surface area contributed by atoms with Crippen LogP contribution in [-0.2, 0) is 0 Å². The summed E-state index contributed by atoms with van der Waals surface area (Å²) in [6.07, 6.45) is 0. The smallest absolute Gasteiger partial charge is 0.146 e. The molecule has 0 radical (unpaired) electrons. The van der Waals surface area contributed by atoms with E-state index in [0.717, 1.165) is 12.1 Å². The minimum atomic E-state index is -0.152. The Balaban J connectivity index is 2.92. The van der Waals surface area contributed by atoms with Gasteiger partial charge in [0.25, 0.3) is 0 Å². The van der Waals surface area contributed by atoms with Gasteiger partial charge in [0.1, 0.15) is 5.82 Å². The molecular formula is C15H25FN2. The van der Waals surface area contributed by atoms with Crippen molar-refractivity contribution in [3.63, 3.8) is 0 Å². The first-order valence-corrected chi connectivity index (χ1v) is 6.42. The Bertz CT molecular complexity index is 396. The molecule has 0 heterocycles. The fraction of sp³-hybridized carbons (Fsp3) is 0.600. The zero-order chi connectivity index (χ0) is 13.9. The average Bonchev–Trinajstić information content (AvgIpc) is 2.25. The molecule has 0 bridgehead atoms. The molecule has 0 saturated carbocycles. The number of rotatable bonds is 4. The summed E-state index contributed by atoms with van der Waals surface area (Å²) in [5, 5.41) is 3.12. The molecule has 3 heteroatoms. The van der Waals surface area contributed by atoms with Crippen LogP contribution in [0.1, 0.15) is 39.3 Å². The van der Waals surface area contributed by atoms with Crippen LogP contribution in [0, 0.1) is 11.2 Å². The third-order valence-electron chi connectivity index (χ3n) is 3.03. The van der Waals surface area contributed by atoms with Crippen molar-refractivity contribution in [2.45, 2.75) is 33.7 Å². The van der Waals surface area contributed by atoms with Gasteiger partial charge >= 0.3 is 0 Å². The highest BCUT2D eigenvalue weighted by Gasteiger charge is 2.17. The van der Waals surface area contributed by atoms with Crippen LogP contribution < -0.4 is 10.2 Å². The predicted octanol–water partition coefficient (Wildman–Crippen LogP) is 3.59. The normalized spacial score (nSPS) is 13.5. The van der Waals surface area contributed by atoms with E-state index in [2.05, 4.69) is 26.1 Å². The lowest BCUT2D eigenvalue weighted by Crippen LogP contribution is -2.29. The fourth-order valence-corrected chi connectivity index (χ4v) is 2.07. The maximum atomic E-state index is 14.1. The lowest BCUT2D eigenvalue weighted by Gasteiger charge is -2.28. The van der Waals surface area contributed by atoms with Crippen LogP contribution in [0.25, 0.3) is 0 Å². The monoisotopic (exact) mass is 252 g/mol. The highest BCUT2D eigenvalue weighted by atomic mass is 19.1. The molecule has 0 aromatic heterocycles. The molecule has 18 heavy (non-hydrogen) atoms. The summed E-state index contributed by atoms with van der Waals surface area (Å²) in [5.41, 5.74) is 1.79. The van der Waals surface area contributed by atoms with Crippen molar-refractivity contribution < 1.29 is 4.39 Å². The molecule has 0 spiro atoms. The summed E-state index contributed by atoms with van der Waals surface area (Å²) < 4.78 is 14.1. The Hall–Kier alpha value is -1.09. The van der Waals surface area contributed by atoms with Crippen molar-refractivity contribution in [2.75, 3.05) is 25.5 Å². The van der Waals surface area contributed by atoms with E-state index >= 15 is 0 Å². The molecule has 0 aliphatic heterocycles. The van der Waals surface area contributed by atoms with Crippen LogP contribution in [0.4, 0.5) is 10.1 Å². The van der Waals surface area contributed by atoms with E-state index in [1.807, 2.05) is 38.1 Å². The number of hydrogen-bond donors (Lipinski definition) is 1. The number of nitrogens with one attached hydrogen (secondary N) is 1. The maximum Gasteiger partial charge on any atom is 0.146 e. The molecule has 1 N–H and O–H groups in total. The molecule has 0 fully saturated rings. The van der Waals surface area contributed by atoms with Gasteiger partial charge in [-0.1, -0.05) is 26.8 Å². The Kier molecular flexibility index (Phi) is 4.74. The molecule has 102 valence electrons. The Morgan fingerprint density at radius 1 is 1.33 bits per heavy atom. The predicted molar refractivity (Wildman–Crippen MR) is 76.6 cm³/mol. The zero-order valence-corrected chi connectivity index (χ0v) is 12.3. The second-order valence-electron chi connectivity index (χ2n) is 6.14. The van der Waals surface area contributed by atoms with Gasteiger partial charge in [0.2, 0.25) is 0 Å². The number of hydrogen-bond acceptors (Lipinski definition) is 2. The Labute approximate surface area is 110 Å². The van der Waals surface area contributed by atoms with Gasteiger partial charge in [-0.3, -0.25) is 0 Å². The molecule has 1 aromatic carbocycles. The Morgan fingerprint density at radius 2 is 1.94 bits per heavy atom. The second kappa shape index (κ2) is 5.70. The molecular weight excluding hydrogens is 227 g/mol. The van der Waals surface area contributed by atoms with E-state index < -0.39 is 0 Å². The first kappa shape index (κ1) is 15.0. The minimum absolute atomic E-state index is 0.151. The number of benzene rings is 1. The summed E-state index contributed by atoms with van der Waals surface area (Å²) in [5.74, 6) is -0.152. The molecule has 0 aliphatic carbocycles. The molecule has 0 saturated heterocycles. The summed E-state index contributed by atoms with van der Waals surface area (Å²) >= 11 is 0. The number of nitrogens with zero attached hydrogens (tertiary/aromatic N) is 1. The van der Waals surface area contributed by atoms with Crippen molar-refractivity contribution in [3.8, 4) is 0 Å². The topological polar surface area (TPSA) is 15.3 Å². The van der Waals surface area contributed by atoms with E-state index in [1.54, 1.807) is 6.07 Å². The van der Waals surface area contributed by atoms with Crippen LogP contribution in [-0.4, -0.2) is 20.6 Å². The van der Waals surface area contributed by atoms with Crippen molar-refractivity contribution in [3.05, 3.63) is 29.6 Å². The SMILES string of the molecule is CNC(C)c1ccc(N(C)CC(C)(C)C)c(F)c1. The van der Waals surface area contributed by atoms with Crippen LogP contribution >= 0.6 is 0 Å². The first-order chi connectivity index (χ1) is 8.24. The van der Waals surface area contributed by atoms with E-state index in [-0.39, 0.29) is 17.3 Å². The van der Waals surface area contributed by atoms with Crippen molar-refractivity contribution in [1.82, 2.24) is 5.32 Å². The van der Waals surface area contributed by atoms with Crippen molar-refractivity contribution >= 4 is 5.69 Å². The van der Waals surface area contributed by atoms with Gasteiger partial charge in [-0.25, -0.2) is 4.39 Å². The minimum Gasteiger partial charge on any atom is -0.372 e. The van der Waals surface area contributed by atoms with Crippen LogP contribution in [0.2, 0.25) is 0 Å². The Morgan fingerprint density at radius 3 is 2.39 bits per heavy atom. The lowest BCUT2D eigenvalue weighted by molar-refractivity contribution is 0.417. The van der Waals surface area contributed by atoms with Gasteiger partial charge in [-0.15, -0.1) is 0 Å². The highest BCUT2D eigenvalue weighted by Crippen LogP contribution is 2.25. The van der Waals surface area contributed by atoms with E-state index in [0.29, 0.717) is 5.69 Å². The van der Waals surface area contributed by atoms with Crippen LogP contribution in [0.15, 0.2) is 18.2 Å². The van der Waals surface area contributed by atoms with E-state index in [1.165, 1.54) is 0 Å². The van der Waals surface area contributed by atoms with Crippen LogP contribution in [0.3, 0.4) is 0 Å². The molecule has 0 aliphatic rings. The van der Waals surface area contributed by atoms with Gasteiger partial charge in [-0.2, -0.15) is 0 Å². The summed E-state index contributed by atoms with van der Waals surface area (Å²) in [6, 6.07) is 5.64. The average molecular weight is 252 g/mol. The quantitative estimate of drug-likeness (QED) is 0.881. The number of anilines is 1. The number of halogens is 1. The summed E-state index contributed by atoms with van der Waals surface area (Å²) in [4.78, 5) is 1.98. The van der Waals surface area contributed by atoms with E-state index in [9.17, 15) is 4.39 Å². The summed E-state index contributed by atoms with van der Waals surface area (Å²) in [6.45, 7) is 9.30. The lowest BCUT2D eigenvalue weighted by atomic mass is 9.96. The van der Waals surface area contributed by atoms with Gasteiger partial charge in [0.15, 0.2) is 0 Å². The second-order valence-corrected chi connectivity index (χ2v) is 6.14. The summed E-state index contributed by atoms with van der Waals surface area (Å²) in [7, 11) is 3.81. The zero-order valence-electron chi connectivity index (χ0n) is 12.3. The third kappa shape index (κ3) is 3.98. The highest BCUT2D eigenvalue weighted by molar-refractivity contribution is 5.49. The molecule has 1 atom stereocenters. The van der Waals surface area contributed by atoms with E-state index in [4.69, 9.17) is 0 Å². The van der Waals surface area contributed by atoms with Gasteiger partial charge in [-0.05, 0) is 37.1 Å². The van der Waals surface area contributed by atoms with Crippen molar-refractivity contribution in [2.24, 2.45) is 5.41 Å². The molecule has 1 rings (SSSR count). The third-order valence-corrected chi connectivity index (χ3v) is 3.03. The maximum absolute atomic E-state index is 14.1. The van der Waals surface area contributed by atoms with Gasteiger partial charge in [0, 0.05) is 19.6 Å². The first-order valence-electron chi connectivity index (χ1n) is 6.42. The largest absolute Gasteiger partial charge is 0.372 e. The van der Waals surface area contributed by atoms with Gasteiger partial charge < -0.3 is 10.2 Å². The fourth-order valence-electron chi connectivity index (χ4n) is 2.07. The molecule has 0 amide bonds. The molecule has 1 aromatic rings. The molecule has 2 nitrogen and oxygen atoms in total. The van der Waals surface area contributed by atoms with Gasteiger partial charge in [0.05, 0.1) is 5.69 Å². The van der Waals surface area contributed by atoms with Crippen molar-refractivity contribution in [1.29, 1.82) is 0 Å². The van der Waals surface area contributed by atoms with Crippen LogP contribution in [0.5, 0.6) is 0 Å². The standard InChI is InChI=1S/C15H25FN2/c1-11(17-5)12-7-8-14(13(16)9-12)18(6)10-15(2,3)4/h7-9,11,17H,10H2,1-6H3.